The molecule has 1 aromatic rings. The number of rotatable bonds is 4. The van der Waals surface area contributed by atoms with E-state index in [0.29, 0.717) is 19.4 Å². The lowest BCUT2D eigenvalue weighted by atomic mass is 10.1. The quantitative estimate of drug-likeness (QED) is 0.636. The summed E-state index contributed by atoms with van der Waals surface area (Å²) < 4.78 is 4.82. The molecule has 0 aliphatic rings. The number of benzene rings is 1. The van der Waals surface area contributed by atoms with Crippen LogP contribution < -0.4 is 5.73 Å². The predicted octanol–water partition coefficient (Wildman–Crippen LogP) is 2.19. The maximum absolute atomic E-state index is 11.1. The fraction of sp³-hybridized carbons (Fsp3) is 0.364. The van der Waals surface area contributed by atoms with Crippen LogP contribution >= 0.6 is 12.4 Å². The molecular formula is C11H16ClNO2. The summed E-state index contributed by atoms with van der Waals surface area (Å²) in [5.74, 6) is -0.171. The van der Waals surface area contributed by atoms with Crippen molar-refractivity contribution in [3.05, 3.63) is 29.8 Å². The van der Waals surface area contributed by atoms with Crippen LogP contribution in [0.25, 0.3) is 0 Å². The highest BCUT2D eigenvalue weighted by Crippen LogP contribution is 2.12. The van der Waals surface area contributed by atoms with Crippen LogP contribution in [0.15, 0.2) is 24.3 Å². The van der Waals surface area contributed by atoms with Gasteiger partial charge in [-0.05, 0) is 25.0 Å². The van der Waals surface area contributed by atoms with Gasteiger partial charge in [0.15, 0.2) is 0 Å². The van der Waals surface area contributed by atoms with Gasteiger partial charge in [0.05, 0.1) is 6.61 Å². The third kappa shape index (κ3) is 4.70. The lowest BCUT2D eigenvalue weighted by molar-refractivity contribution is -0.143. The van der Waals surface area contributed by atoms with E-state index in [2.05, 4.69) is 0 Å². The Kier molecular flexibility index (Phi) is 6.54. The summed E-state index contributed by atoms with van der Waals surface area (Å²) in [5, 5.41) is 0. The average molecular weight is 230 g/mol. The Morgan fingerprint density at radius 3 is 2.67 bits per heavy atom. The van der Waals surface area contributed by atoms with Crippen LogP contribution in [0.4, 0.5) is 5.69 Å². The van der Waals surface area contributed by atoms with Crippen molar-refractivity contribution in [2.45, 2.75) is 19.8 Å². The molecule has 15 heavy (non-hydrogen) atoms. The monoisotopic (exact) mass is 229 g/mol. The van der Waals surface area contributed by atoms with Crippen LogP contribution in [0.1, 0.15) is 18.9 Å². The van der Waals surface area contributed by atoms with E-state index < -0.39 is 0 Å². The van der Waals surface area contributed by atoms with E-state index in [1.165, 1.54) is 0 Å². The van der Waals surface area contributed by atoms with Crippen molar-refractivity contribution < 1.29 is 9.53 Å². The molecule has 0 aromatic heterocycles. The molecular weight excluding hydrogens is 214 g/mol. The third-order valence-electron chi connectivity index (χ3n) is 1.96. The SMILES string of the molecule is CCOC(=O)CCc1ccccc1N.Cl. The zero-order valence-electron chi connectivity index (χ0n) is 8.73. The molecule has 0 bridgehead atoms. The van der Waals surface area contributed by atoms with Crippen LogP contribution in [-0.4, -0.2) is 12.6 Å². The number of hydrogen-bond donors (Lipinski definition) is 1. The summed E-state index contributed by atoms with van der Waals surface area (Å²) in [5.41, 5.74) is 7.46. The maximum atomic E-state index is 11.1. The lowest BCUT2D eigenvalue weighted by Gasteiger charge is -2.04. The number of ether oxygens (including phenoxy) is 1. The first kappa shape index (κ1) is 13.8. The normalized spacial score (nSPS) is 9.13. The van der Waals surface area contributed by atoms with Gasteiger partial charge in [-0.3, -0.25) is 4.79 Å². The van der Waals surface area contributed by atoms with Gasteiger partial charge in [0.2, 0.25) is 0 Å². The lowest BCUT2D eigenvalue weighted by Crippen LogP contribution is -2.06. The number of carbonyl (C=O) groups excluding carboxylic acids is 1. The minimum absolute atomic E-state index is 0. The molecule has 0 aliphatic heterocycles. The van der Waals surface area contributed by atoms with E-state index in [-0.39, 0.29) is 18.4 Å². The maximum Gasteiger partial charge on any atom is 0.306 e. The van der Waals surface area contributed by atoms with Gasteiger partial charge in [0.1, 0.15) is 0 Å². The first-order valence-corrected chi connectivity index (χ1v) is 4.73. The number of halogens is 1. The predicted molar refractivity (Wildman–Crippen MR) is 63.1 cm³/mol. The Hall–Kier alpha value is -1.22. The number of aryl methyl sites for hydroxylation is 1. The molecule has 3 nitrogen and oxygen atoms in total. The van der Waals surface area contributed by atoms with Crippen LogP contribution in [0, 0.1) is 0 Å². The van der Waals surface area contributed by atoms with Gasteiger partial charge < -0.3 is 10.5 Å². The second kappa shape index (κ2) is 7.12. The molecule has 1 aromatic carbocycles. The number of nitrogens with two attached hydrogens (primary N) is 1. The van der Waals surface area contributed by atoms with Gasteiger partial charge in [-0.1, -0.05) is 18.2 Å². The van der Waals surface area contributed by atoms with Crippen molar-refractivity contribution in [3.8, 4) is 0 Å². The smallest absolute Gasteiger partial charge is 0.306 e. The molecule has 4 heteroatoms. The minimum atomic E-state index is -0.171. The highest BCUT2D eigenvalue weighted by Gasteiger charge is 2.03. The van der Waals surface area contributed by atoms with Crippen molar-refractivity contribution in [1.82, 2.24) is 0 Å². The van der Waals surface area contributed by atoms with Gasteiger partial charge >= 0.3 is 5.97 Å². The van der Waals surface area contributed by atoms with Gasteiger partial charge in [0.25, 0.3) is 0 Å². The summed E-state index contributed by atoms with van der Waals surface area (Å²) in [7, 11) is 0. The molecule has 0 saturated carbocycles. The second-order valence-electron chi connectivity index (χ2n) is 3.00. The third-order valence-corrected chi connectivity index (χ3v) is 1.96. The van der Waals surface area contributed by atoms with Gasteiger partial charge in [-0.25, -0.2) is 0 Å². The molecule has 0 fully saturated rings. The molecule has 0 unspecified atom stereocenters. The Bertz CT molecular complexity index is 315. The van der Waals surface area contributed by atoms with E-state index in [0.717, 1.165) is 11.3 Å². The second-order valence-corrected chi connectivity index (χ2v) is 3.00. The molecule has 0 atom stereocenters. The summed E-state index contributed by atoms with van der Waals surface area (Å²) in [6, 6.07) is 7.55. The number of nitrogen functional groups attached to an aromatic ring is 1. The Balaban J connectivity index is 0.00000196. The Morgan fingerprint density at radius 2 is 2.07 bits per heavy atom. The van der Waals surface area contributed by atoms with E-state index in [1.807, 2.05) is 24.3 Å². The zero-order valence-corrected chi connectivity index (χ0v) is 9.55. The number of para-hydroxylation sites is 1. The number of carbonyl (C=O) groups is 1. The van der Waals surface area contributed by atoms with Crippen molar-refractivity contribution >= 4 is 24.1 Å². The van der Waals surface area contributed by atoms with E-state index in [1.54, 1.807) is 6.92 Å². The van der Waals surface area contributed by atoms with Gasteiger partial charge in [-0.15, -0.1) is 12.4 Å². The van der Waals surface area contributed by atoms with Crippen LogP contribution in [0.5, 0.6) is 0 Å². The van der Waals surface area contributed by atoms with E-state index in [9.17, 15) is 4.79 Å². The van der Waals surface area contributed by atoms with Crippen LogP contribution in [-0.2, 0) is 16.0 Å². The zero-order chi connectivity index (χ0) is 10.4. The minimum Gasteiger partial charge on any atom is -0.466 e. The summed E-state index contributed by atoms with van der Waals surface area (Å²) in [4.78, 5) is 11.1. The molecule has 2 N–H and O–H groups in total. The summed E-state index contributed by atoms with van der Waals surface area (Å²) in [6.07, 6.45) is 1.04. The van der Waals surface area contributed by atoms with E-state index >= 15 is 0 Å². The van der Waals surface area contributed by atoms with Crippen LogP contribution in [0.2, 0.25) is 0 Å². The van der Waals surface area contributed by atoms with Crippen LogP contribution in [0.3, 0.4) is 0 Å². The Morgan fingerprint density at radius 1 is 1.40 bits per heavy atom. The number of hydrogen-bond acceptors (Lipinski definition) is 3. The fourth-order valence-corrected chi connectivity index (χ4v) is 1.23. The van der Waals surface area contributed by atoms with Crippen molar-refractivity contribution in [2.24, 2.45) is 0 Å². The average Bonchev–Trinajstić information content (AvgIpc) is 2.17. The topological polar surface area (TPSA) is 52.3 Å². The fourth-order valence-electron chi connectivity index (χ4n) is 1.23. The van der Waals surface area contributed by atoms with Gasteiger partial charge in [-0.2, -0.15) is 0 Å². The highest BCUT2D eigenvalue weighted by atomic mass is 35.5. The van der Waals surface area contributed by atoms with Crippen molar-refractivity contribution in [2.75, 3.05) is 12.3 Å². The van der Waals surface area contributed by atoms with Crippen molar-refractivity contribution in [1.29, 1.82) is 0 Å². The molecule has 0 radical (unpaired) electrons. The molecule has 0 spiro atoms. The standard InChI is InChI=1S/C11H15NO2.ClH/c1-2-14-11(13)8-7-9-5-3-4-6-10(9)12;/h3-6H,2,7-8,12H2,1H3;1H. The molecule has 0 amide bonds. The van der Waals surface area contributed by atoms with E-state index in [4.69, 9.17) is 10.5 Å². The molecule has 0 saturated heterocycles. The molecule has 0 aliphatic carbocycles. The first-order chi connectivity index (χ1) is 6.74. The Labute approximate surface area is 96.0 Å². The highest BCUT2D eigenvalue weighted by molar-refractivity contribution is 5.85. The first-order valence-electron chi connectivity index (χ1n) is 4.73. The molecule has 1 rings (SSSR count). The number of esters is 1. The summed E-state index contributed by atoms with van der Waals surface area (Å²) >= 11 is 0. The largest absolute Gasteiger partial charge is 0.466 e. The number of anilines is 1. The molecule has 84 valence electrons. The van der Waals surface area contributed by atoms with Gasteiger partial charge in [0, 0.05) is 12.1 Å². The van der Waals surface area contributed by atoms with Crippen molar-refractivity contribution in [3.63, 3.8) is 0 Å². The summed E-state index contributed by atoms with van der Waals surface area (Å²) in [6.45, 7) is 2.23. The molecule has 0 heterocycles.